The molecule has 1 aliphatic rings. The number of nitro groups is 1. The van der Waals surface area contributed by atoms with E-state index in [-0.39, 0.29) is 35.8 Å². The zero-order chi connectivity index (χ0) is 21.1. The van der Waals surface area contributed by atoms with Crippen molar-refractivity contribution in [3.05, 3.63) is 63.2 Å². The van der Waals surface area contributed by atoms with Gasteiger partial charge in [-0.15, -0.1) is 0 Å². The van der Waals surface area contributed by atoms with Crippen molar-refractivity contribution in [3.8, 4) is 5.75 Å². The molecular weight excluding hydrogens is 374 g/mol. The maximum Gasteiger partial charge on any atom is 0.269 e. The van der Waals surface area contributed by atoms with Gasteiger partial charge in [-0.1, -0.05) is 19.0 Å². The number of rotatable bonds is 6. The third-order valence-corrected chi connectivity index (χ3v) is 4.84. The molecule has 0 saturated heterocycles. The second kappa shape index (κ2) is 8.30. The fraction of sp³-hybridized carbons (Fsp3) is 0.333. The lowest BCUT2D eigenvalue weighted by molar-refractivity contribution is -0.384. The average Bonchev–Trinajstić information content (AvgIpc) is 3.12. The highest BCUT2D eigenvalue weighted by Crippen LogP contribution is 2.32. The predicted molar refractivity (Wildman–Crippen MR) is 109 cm³/mol. The molecule has 2 aromatic rings. The van der Waals surface area contributed by atoms with E-state index in [9.17, 15) is 20.0 Å². The fourth-order valence-electron chi connectivity index (χ4n) is 3.21. The number of non-ortho nitro benzene ring substituents is 1. The summed E-state index contributed by atoms with van der Waals surface area (Å²) in [4.78, 5) is 28.2. The summed E-state index contributed by atoms with van der Waals surface area (Å²) in [6, 6.07) is 9.54. The van der Waals surface area contributed by atoms with Crippen LogP contribution in [0.2, 0.25) is 0 Å². The van der Waals surface area contributed by atoms with E-state index < -0.39 is 4.92 Å². The molecule has 8 nitrogen and oxygen atoms in total. The number of hydrogen-bond donors (Lipinski definition) is 2. The predicted octanol–water partition coefficient (Wildman–Crippen LogP) is 4.58. The summed E-state index contributed by atoms with van der Waals surface area (Å²) in [5, 5.41) is 27.7. The van der Waals surface area contributed by atoms with E-state index in [1.54, 1.807) is 24.3 Å². The Kier molecular flexibility index (Phi) is 5.81. The maximum atomic E-state index is 12.5. The van der Waals surface area contributed by atoms with Gasteiger partial charge in [0.15, 0.2) is 6.10 Å². The zero-order valence-electron chi connectivity index (χ0n) is 16.5. The van der Waals surface area contributed by atoms with Crippen molar-refractivity contribution in [2.45, 2.75) is 45.6 Å². The summed E-state index contributed by atoms with van der Waals surface area (Å²) < 4.78 is 0. The molecule has 1 unspecified atom stereocenters. The average molecular weight is 397 g/mol. The van der Waals surface area contributed by atoms with Gasteiger partial charge in [0.05, 0.1) is 17.1 Å². The highest BCUT2D eigenvalue weighted by molar-refractivity contribution is 6.07. The van der Waals surface area contributed by atoms with Crippen LogP contribution in [-0.4, -0.2) is 21.6 Å². The number of aryl methyl sites for hydroxylation is 1. The summed E-state index contributed by atoms with van der Waals surface area (Å²) in [5.74, 6) is 0.122. The number of oxime groups is 1. The standard InChI is InChI=1S/C21H23N3O5/c1-12(2)17-11-18(13(3)8-19(17)25)22-21(26)10-15-9-20(29-23-15)14-4-6-16(7-5-14)24(27)28/h4-8,11-12,20,25H,9-10H2,1-3H3,(H,22,26). The molecule has 0 aromatic heterocycles. The van der Waals surface area contributed by atoms with Gasteiger partial charge >= 0.3 is 0 Å². The van der Waals surface area contributed by atoms with E-state index in [1.807, 2.05) is 20.8 Å². The number of phenols is 1. The first-order valence-electron chi connectivity index (χ1n) is 9.34. The molecular formula is C21H23N3O5. The van der Waals surface area contributed by atoms with Gasteiger partial charge in [0.2, 0.25) is 5.91 Å². The van der Waals surface area contributed by atoms with E-state index in [2.05, 4.69) is 10.5 Å². The molecule has 8 heteroatoms. The van der Waals surface area contributed by atoms with Crippen LogP contribution in [0.3, 0.4) is 0 Å². The Morgan fingerprint density at radius 2 is 2.03 bits per heavy atom. The Morgan fingerprint density at radius 3 is 2.66 bits per heavy atom. The number of benzene rings is 2. The van der Waals surface area contributed by atoms with Crippen LogP contribution in [0.15, 0.2) is 41.6 Å². The van der Waals surface area contributed by atoms with Gasteiger partial charge in [-0.2, -0.15) is 0 Å². The fourth-order valence-corrected chi connectivity index (χ4v) is 3.21. The number of nitrogens with zero attached hydrogens (tertiary/aromatic N) is 2. The van der Waals surface area contributed by atoms with E-state index in [0.29, 0.717) is 17.8 Å². The van der Waals surface area contributed by atoms with Crippen molar-refractivity contribution in [1.29, 1.82) is 0 Å². The first-order chi connectivity index (χ1) is 13.7. The summed E-state index contributed by atoms with van der Waals surface area (Å²) >= 11 is 0. The number of anilines is 1. The minimum Gasteiger partial charge on any atom is -0.508 e. The Hall–Kier alpha value is -3.42. The molecule has 0 spiro atoms. The van der Waals surface area contributed by atoms with Crippen LogP contribution in [-0.2, 0) is 9.63 Å². The molecule has 29 heavy (non-hydrogen) atoms. The molecule has 1 heterocycles. The largest absolute Gasteiger partial charge is 0.508 e. The van der Waals surface area contributed by atoms with E-state index in [0.717, 1.165) is 16.7 Å². The van der Waals surface area contributed by atoms with Crippen LogP contribution in [0.5, 0.6) is 5.75 Å². The van der Waals surface area contributed by atoms with E-state index in [1.165, 1.54) is 12.1 Å². The van der Waals surface area contributed by atoms with Crippen LogP contribution < -0.4 is 5.32 Å². The smallest absolute Gasteiger partial charge is 0.269 e. The molecule has 1 atom stereocenters. The highest BCUT2D eigenvalue weighted by Gasteiger charge is 2.25. The van der Waals surface area contributed by atoms with Crippen LogP contribution in [0.1, 0.15) is 55.4 Å². The van der Waals surface area contributed by atoms with E-state index in [4.69, 9.17) is 4.84 Å². The first kappa shape index (κ1) is 20.3. The molecule has 0 bridgehead atoms. The molecule has 0 aliphatic carbocycles. The number of hydrogen-bond acceptors (Lipinski definition) is 6. The van der Waals surface area contributed by atoms with Crippen molar-refractivity contribution < 1.29 is 19.7 Å². The van der Waals surface area contributed by atoms with Gasteiger partial charge in [-0.25, -0.2) is 0 Å². The van der Waals surface area contributed by atoms with Gasteiger partial charge in [0.1, 0.15) is 5.75 Å². The van der Waals surface area contributed by atoms with Gasteiger partial charge < -0.3 is 15.3 Å². The summed E-state index contributed by atoms with van der Waals surface area (Å²) in [7, 11) is 0. The SMILES string of the molecule is Cc1cc(O)c(C(C)C)cc1NC(=O)CC1=NOC(c2ccc([N+](=O)[O-])cc2)C1. The monoisotopic (exact) mass is 397 g/mol. The number of carbonyl (C=O) groups is 1. The molecule has 3 rings (SSSR count). The van der Waals surface area contributed by atoms with Gasteiger partial charge in [-0.05, 0) is 53.8 Å². The van der Waals surface area contributed by atoms with Gasteiger partial charge in [0.25, 0.3) is 5.69 Å². The van der Waals surface area contributed by atoms with Gasteiger partial charge in [-0.3, -0.25) is 14.9 Å². The topological polar surface area (TPSA) is 114 Å². The second-order valence-electron chi connectivity index (χ2n) is 7.41. The number of nitrogens with one attached hydrogen (secondary N) is 1. The summed E-state index contributed by atoms with van der Waals surface area (Å²) in [6.07, 6.45) is 0.166. The Morgan fingerprint density at radius 1 is 1.34 bits per heavy atom. The Labute approximate surface area is 168 Å². The lowest BCUT2D eigenvalue weighted by atomic mass is 9.99. The molecule has 1 amide bonds. The summed E-state index contributed by atoms with van der Waals surface area (Å²) in [5.41, 5.74) is 3.58. The van der Waals surface area contributed by atoms with Crippen LogP contribution in [0.25, 0.3) is 0 Å². The van der Waals surface area contributed by atoms with Crippen molar-refractivity contribution in [1.82, 2.24) is 0 Å². The number of aromatic hydroxyl groups is 1. The summed E-state index contributed by atoms with van der Waals surface area (Å²) in [6.45, 7) is 5.76. The van der Waals surface area contributed by atoms with Crippen molar-refractivity contribution >= 4 is 23.0 Å². The molecule has 152 valence electrons. The third-order valence-electron chi connectivity index (χ3n) is 4.84. The maximum absolute atomic E-state index is 12.5. The lowest BCUT2D eigenvalue weighted by Crippen LogP contribution is -2.17. The normalized spacial score (nSPS) is 15.7. The Bertz CT molecular complexity index is 967. The molecule has 1 aliphatic heterocycles. The molecule has 0 saturated carbocycles. The lowest BCUT2D eigenvalue weighted by Gasteiger charge is -2.14. The van der Waals surface area contributed by atoms with Gasteiger partial charge in [0, 0.05) is 24.2 Å². The molecule has 2 aromatic carbocycles. The minimum atomic E-state index is -0.457. The number of nitro benzene ring substituents is 1. The number of carbonyl (C=O) groups excluding carboxylic acids is 1. The molecule has 2 N–H and O–H groups in total. The molecule has 0 fully saturated rings. The van der Waals surface area contributed by atoms with Crippen molar-refractivity contribution in [2.75, 3.05) is 5.32 Å². The molecule has 0 radical (unpaired) electrons. The van der Waals surface area contributed by atoms with Crippen molar-refractivity contribution in [2.24, 2.45) is 5.16 Å². The third kappa shape index (κ3) is 4.71. The zero-order valence-corrected chi connectivity index (χ0v) is 16.5. The van der Waals surface area contributed by atoms with Crippen molar-refractivity contribution in [3.63, 3.8) is 0 Å². The second-order valence-corrected chi connectivity index (χ2v) is 7.41. The number of phenolic OH excluding ortho intramolecular Hbond substituents is 1. The number of amides is 1. The van der Waals surface area contributed by atoms with Crippen LogP contribution in [0.4, 0.5) is 11.4 Å². The highest BCUT2D eigenvalue weighted by atomic mass is 16.6. The first-order valence-corrected chi connectivity index (χ1v) is 9.34. The van der Waals surface area contributed by atoms with Crippen LogP contribution >= 0.6 is 0 Å². The minimum absolute atomic E-state index is 0.0114. The Balaban J connectivity index is 1.61. The van der Waals surface area contributed by atoms with Crippen LogP contribution in [0, 0.1) is 17.0 Å². The quantitative estimate of drug-likeness (QED) is 0.421. The van der Waals surface area contributed by atoms with E-state index >= 15 is 0 Å².